The van der Waals surface area contributed by atoms with Crippen molar-refractivity contribution in [3.05, 3.63) is 35.9 Å². The zero-order valence-electron chi connectivity index (χ0n) is 8.46. The van der Waals surface area contributed by atoms with Gasteiger partial charge >= 0.3 is 0 Å². The van der Waals surface area contributed by atoms with E-state index in [4.69, 9.17) is 5.73 Å². The second-order valence-electron chi connectivity index (χ2n) is 2.95. The van der Waals surface area contributed by atoms with Crippen LogP contribution >= 0.6 is 0 Å². The molecule has 16 heavy (non-hydrogen) atoms. The molecule has 0 saturated heterocycles. The number of rotatable bonds is 2. The van der Waals surface area contributed by atoms with Crippen molar-refractivity contribution in [1.82, 2.24) is 20.3 Å². The molecule has 0 aliphatic heterocycles. The molecule has 6 heteroatoms. The SMILES string of the molecule is Nc1nnnn1NCC#Cc1ccccc1. The Labute approximate surface area is 92.4 Å². The Morgan fingerprint density at radius 1 is 1.31 bits per heavy atom. The van der Waals surface area contributed by atoms with Crippen LogP contribution < -0.4 is 11.2 Å². The Balaban J connectivity index is 1.90. The van der Waals surface area contributed by atoms with Crippen molar-refractivity contribution in [2.75, 3.05) is 17.7 Å². The molecule has 1 aromatic heterocycles. The molecule has 2 rings (SSSR count). The number of nitrogen functional groups attached to an aromatic ring is 1. The third kappa shape index (κ3) is 2.48. The minimum atomic E-state index is 0.210. The summed E-state index contributed by atoms with van der Waals surface area (Å²) >= 11 is 0. The first kappa shape index (κ1) is 9.98. The number of nitrogens with one attached hydrogen (secondary N) is 1. The molecule has 0 atom stereocenters. The third-order valence-corrected chi connectivity index (χ3v) is 1.82. The van der Waals surface area contributed by atoms with Crippen molar-refractivity contribution < 1.29 is 0 Å². The molecule has 80 valence electrons. The normalized spacial score (nSPS) is 9.25. The highest BCUT2D eigenvalue weighted by Gasteiger charge is 1.96. The number of benzene rings is 1. The van der Waals surface area contributed by atoms with E-state index in [0.29, 0.717) is 6.54 Å². The first-order valence-electron chi connectivity index (χ1n) is 4.68. The van der Waals surface area contributed by atoms with Crippen LogP contribution in [0.5, 0.6) is 0 Å². The molecule has 0 bridgehead atoms. The van der Waals surface area contributed by atoms with Gasteiger partial charge in [-0.1, -0.05) is 35.1 Å². The molecule has 0 fully saturated rings. The third-order valence-electron chi connectivity index (χ3n) is 1.82. The fraction of sp³-hybridized carbons (Fsp3) is 0.100. The van der Waals surface area contributed by atoms with E-state index in [1.165, 1.54) is 4.79 Å². The van der Waals surface area contributed by atoms with Gasteiger partial charge in [-0.2, -0.15) is 0 Å². The van der Waals surface area contributed by atoms with Gasteiger partial charge in [0.2, 0.25) is 0 Å². The van der Waals surface area contributed by atoms with Gasteiger partial charge in [0.05, 0.1) is 6.54 Å². The number of hydrogen-bond acceptors (Lipinski definition) is 5. The highest BCUT2D eigenvalue weighted by molar-refractivity contribution is 5.34. The van der Waals surface area contributed by atoms with Crippen molar-refractivity contribution in [3.63, 3.8) is 0 Å². The summed E-state index contributed by atoms with van der Waals surface area (Å²) in [5.41, 5.74) is 9.26. The summed E-state index contributed by atoms with van der Waals surface area (Å²) in [4.78, 5) is 1.28. The molecule has 0 radical (unpaired) electrons. The van der Waals surface area contributed by atoms with Gasteiger partial charge in [0, 0.05) is 5.56 Å². The number of nitrogens with zero attached hydrogens (tertiary/aromatic N) is 4. The summed E-state index contributed by atoms with van der Waals surface area (Å²) in [6, 6.07) is 9.72. The van der Waals surface area contributed by atoms with Gasteiger partial charge in [-0.3, -0.25) is 5.43 Å². The summed E-state index contributed by atoms with van der Waals surface area (Å²) in [5, 5.41) is 10.5. The molecule has 6 nitrogen and oxygen atoms in total. The second kappa shape index (κ2) is 4.79. The van der Waals surface area contributed by atoms with Gasteiger partial charge in [-0.15, -0.1) is 4.79 Å². The van der Waals surface area contributed by atoms with Crippen LogP contribution in [0.2, 0.25) is 0 Å². The lowest BCUT2D eigenvalue weighted by atomic mass is 10.2. The largest absolute Gasteiger partial charge is 0.365 e. The molecule has 0 spiro atoms. The smallest absolute Gasteiger partial charge is 0.260 e. The summed E-state index contributed by atoms with van der Waals surface area (Å²) < 4.78 is 0. The molecule has 0 saturated carbocycles. The minimum Gasteiger partial charge on any atom is -0.365 e. The summed E-state index contributed by atoms with van der Waals surface area (Å²) in [6.45, 7) is 0.421. The standard InChI is InChI=1S/C10H10N6/c11-10-13-14-15-16(10)12-8-4-7-9-5-2-1-3-6-9/h1-3,5-6,12H,8H2,(H2,11,13,15). The number of aromatic nitrogens is 4. The molecule has 1 heterocycles. The highest BCUT2D eigenvalue weighted by Crippen LogP contribution is 1.94. The summed E-state index contributed by atoms with van der Waals surface area (Å²) in [7, 11) is 0. The Kier molecular flexibility index (Phi) is 2.99. The summed E-state index contributed by atoms with van der Waals surface area (Å²) in [6.07, 6.45) is 0. The number of anilines is 1. The Bertz CT molecular complexity index is 507. The first-order valence-corrected chi connectivity index (χ1v) is 4.68. The zero-order chi connectivity index (χ0) is 11.2. The fourth-order valence-electron chi connectivity index (χ4n) is 1.09. The van der Waals surface area contributed by atoms with E-state index >= 15 is 0 Å². The quantitative estimate of drug-likeness (QED) is 0.679. The molecule has 0 unspecified atom stereocenters. The maximum atomic E-state index is 5.45. The lowest BCUT2D eigenvalue weighted by Gasteiger charge is -1.99. The lowest BCUT2D eigenvalue weighted by molar-refractivity contribution is 0.716. The summed E-state index contributed by atoms with van der Waals surface area (Å²) in [5.74, 6) is 6.14. The van der Waals surface area contributed by atoms with Crippen molar-refractivity contribution in [3.8, 4) is 11.8 Å². The van der Waals surface area contributed by atoms with Gasteiger partial charge in [0.25, 0.3) is 5.95 Å². The Morgan fingerprint density at radius 2 is 2.12 bits per heavy atom. The highest BCUT2D eigenvalue weighted by atomic mass is 15.7. The zero-order valence-corrected chi connectivity index (χ0v) is 8.46. The van der Waals surface area contributed by atoms with Crippen molar-refractivity contribution in [2.24, 2.45) is 0 Å². The van der Waals surface area contributed by atoms with Gasteiger partial charge in [-0.25, -0.2) is 0 Å². The predicted molar refractivity (Wildman–Crippen MR) is 59.8 cm³/mol. The van der Waals surface area contributed by atoms with Crippen LogP contribution in [0.3, 0.4) is 0 Å². The van der Waals surface area contributed by atoms with Crippen molar-refractivity contribution in [2.45, 2.75) is 0 Å². The van der Waals surface area contributed by atoms with Gasteiger partial charge < -0.3 is 5.73 Å². The lowest BCUT2D eigenvalue weighted by Crippen LogP contribution is -2.18. The molecule has 0 aliphatic carbocycles. The topological polar surface area (TPSA) is 81.7 Å². The number of tetrazole rings is 1. The molecule has 1 aromatic carbocycles. The second-order valence-corrected chi connectivity index (χ2v) is 2.95. The monoisotopic (exact) mass is 214 g/mol. The maximum Gasteiger partial charge on any atom is 0.260 e. The molecular weight excluding hydrogens is 204 g/mol. The van der Waals surface area contributed by atoms with Gasteiger partial charge in [0.1, 0.15) is 0 Å². The van der Waals surface area contributed by atoms with E-state index in [9.17, 15) is 0 Å². The fourth-order valence-corrected chi connectivity index (χ4v) is 1.09. The molecule has 3 N–H and O–H groups in total. The van der Waals surface area contributed by atoms with Crippen LogP contribution in [-0.4, -0.2) is 26.9 Å². The van der Waals surface area contributed by atoms with E-state index in [1.54, 1.807) is 0 Å². The van der Waals surface area contributed by atoms with Crippen LogP contribution in [0.1, 0.15) is 5.56 Å². The van der Waals surface area contributed by atoms with Crippen LogP contribution in [-0.2, 0) is 0 Å². The van der Waals surface area contributed by atoms with E-state index < -0.39 is 0 Å². The average Bonchev–Trinajstić information content (AvgIpc) is 2.72. The van der Waals surface area contributed by atoms with E-state index in [1.807, 2.05) is 30.3 Å². The maximum absolute atomic E-state index is 5.45. The molecule has 0 amide bonds. The Morgan fingerprint density at radius 3 is 2.81 bits per heavy atom. The Hall–Kier alpha value is -2.55. The predicted octanol–water partition coefficient (Wildman–Crippen LogP) is -0.150. The van der Waals surface area contributed by atoms with E-state index in [-0.39, 0.29) is 5.95 Å². The van der Waals surface area contributed by atoms with Gasteiger partial charge in [-0.05, 0) is 22.6 Å². The number of hydrogen-bond donors (Lipinski definition) is 2. The molecule has 0 aliphatic rings. The van der Waals surface area contributed by atoms with E-state index in [0.717, 1.165) is 5.56 Å². The van der Waals surface area contributed by atoms with Crippen molar-refractivity contribution >= 4 is 5.95 Å². The van der Waals surface area contributed by atoms with Crippen molar-refractivity contribution in [1.29, 1.82) is 0 Å². The molecule has 2 aromatic rings. The van der Waals surface area contributed by atoms with Gasteiger partial charge in [0.15, 0.2) is 0 Å². The minimum absolute atomic E-state index is 0.210. The molecular formula is C10H10N6. The average molecular weight is 214 g/mol. The van der Waals surface area contributed by atoms with Crippen LogP contribution in [0.25, 0.3) is 0 Å². The van der Waals surface area contributed by atoms with Crippen LogP contribution in [0.15, 0.2) is 30.3 Å². The number of nitrogens with two attached hydrogens (primary N) is 1. The van der Waals surface area contributed by atoms with E-state index in [2.05, 4.69) is 32.8 Å². The first-order chi connectivity index (χ1) is 7.86. The van der Waals surface area contributed by atoms with Crippen LogP contribution in [0.4, 0.5) is 5.95 Å². The van der Waals surface area contributed by atoms with Crippen LogP contribution in [0, 0.1) is 11.8 Å².